The summed E-state index contributed by atoms with van der Waals surface area (Å²) in [4.78, 5) is 2.50. The lowest BCUT2D eigenvalue weighted by Crippen LogP contribution is -2.22. The lowest BCUT2D eigenvalue weighted by Gasteiger charge is -2.22. The maximum Gasteiger partial charge on any atom is 0.133 e. The largest absolute Gasteiger partial charge is 0.361 e. The molecule has 1 aliphatic rings. The Labute approximate surface area is 105 Å². The Morgan fingerprint density at radius 2 is 2.53 bits per heavy atom. The van der Waals surface area contributed by atoms with E-state index in [1.807, 2.05) is 13.0 Å². The molecule has 0 radical (unpaired) electrons. The standard InChI is InChI=1S/C13H16N2OS/c1-10-7-12(14-16-10)8-15-5-2-3-13(15)11-4-6-17-9-11/h4,6-7,9,13H,2-3,5,8H2,1H3. The van der Waals surface area contributed by atoms with Crippen molar-refractivity contribution in [2.75, 3.05) is 6.54 Å². The van der Waals surface area contributed by atoms with Crippen molar-refractivity contribution in [2.45, 2.75) is 32.4 Å². The van der Waals surface area contributed by atoms with E-state index in [2.05, 4.69) is 26.9 Å². The first kappa shape index (κ1) is 11.0. The van der Waals surface area contributed by atoms with Crippen LogP contribution in [0.25, 0.3) is 0 Å². The van der Waals surface area contributed by atoms with Crippen molar-refractivity contribution in [1.29, 1.82) is 0 Å². The zero-order chi connectivity index (χ0) is 11.7. The van der Waals surface area contributed by atoms with E-state index < -0.39 is 0 Å². The maximum atomic E-state index is 5.13. The topological polar surface area (TPSA) is 29.3 Å². The molecule has 0 aliphatic carbocycles. The SMILES string of the molecule is Cc1cc(CN2CCCC2c2ccsc2)no1. The van der Waals surface area contributed by atoms with Gasteiger partial charge in [0.1, 0.15) is 5.76 Å². The summed E-state index contributed by atoms with van der Waals surface area (Å²) in [6.45, 7) is 4.00. The molecule has 3 heterocycles. The highest BCUT2D eigenvalue weighted by Gasteiger charge is 2.26. The van der Waals surface area contributed by atoms with Crippen LogP contribution in [0.3, 0.4) is 0 Å². The van der Waals surface area contributed by atoms with Crippen molar-refractivity contribution in [1.82, 2.24) is 10.1 Å². The molecule has 0 amide bonds. The van der Waals surface area contributed by atoms with Gasteiger partial charge in [0.25, 0.3) is 0 Å². The number of nitrogens with zero attached hydrogens (tertiary/aromatic N) is 2. The second-order valence-electron chi connectivity index (χ2n) is 4.61. The highest BCUT2D eigenvalue weighted by atomic mass is 32.1. The number of rotatable bonds is 3. The molecule has 17 heavy (non-hydrogen) atoms. The Balaban J connectivity index is 1.74. The predicted molar refractivity (Wildman–Crippen MR) is 67.9 cm³/mol. The fourth-order valence-corrected chi connectivity index (χ4v) is 3.27. The molecule has 2 aromatic heterocycles. The van der Waals surface area contributed by atoms with E-state index in [0.29, 0.717) is 6.04 Å². The number of aryl methyl sites for hydroxylation is 1. The summed E-state index contributed by atoms with van der Waals surface area (Å²) >= 11 is 1.78. The van der Waals surface area contributed by atoms with Crippen LogP contribution in [0.1, 0.15) is 35.9 Å². The first-order valence-corrected chi connectivity index (χ1v) is 6.95. The molecule has 1 unspecified atom stereocenters. The molecule has 0 saturated carbocycles. The fraction of sp³-hybridized carbons (Fsp3) is 0.462. The third kappa shape index (κ3) is 2.28. The van der Waals surface area contributed by atoms with Crippen LogP contribution in [0.4, 0.5) is 0 Å². The number of hydrogen-bond donors (Lipinski definition) is 0. The van der Waals surface area contributed by atoms with E-state index in [4.69, 9.17) is 4.52 Å². The number of hydrogen-bond acceptors (Lipinski definition) is 4. The van der Waals surface area contributed by atoms with E-state index in [1.54, 1.807) is 11.3 Å². The monoisotopic (exact) mass is 248 g/mol. The molecule has 90 valence electrons. The summed E-state index contributed by atoms with van der Waals surface area (Å²) < 4.78 is 5.13. The van der Waals surface area contributed by atoms with E-state index in [0.717, 1.165) is 24.5 Å². The van der Waals surface area contributed by atoms with Crippen LogP contribution in [0.2, 0.25) is 0 Å². The molecule has 4 heteroatoms. The van der Waals surface area contributed by atoms with Crippen molar-refractivity contribution in [2.24, 2.45) is 0 Å². The van der Waals surface area contributed by atoms with Gasteiger partial charge in [-0.2, -0.15) is 11.3 Å². The highest BCUT2D eigenvalue weighted by Crippen LogP contribution is 2.33. The average molecular weight is 248 g/mol. The predicted octanol–water partition coefficient (Wildman–Crippen LogP) is 3.38. The third-order valence-corrected chi connectivity index (χ3v) is 4.03. The summed E-state index contributed by atoms with van der Waals surface area (Å²) in [5.41, 5.74) is 2.50. The van der Waals surface area contributed by atoms with Crippen molar-refractivity contribution in [3.05, 3.63) is 39.9 Å². The molecule has 1 saturated heterocycles. The van der Waals surface area contributed by atoms with Crippen molar-refractivity contribution in [3.8, 4) is 0 Å². The van der Waals surface area contributed by atoms with Gasteiger partial charge in [-0.25, -0.2) is 0 Å². The Bertz CT molecular complexity index is 477. The van der Waals surface area contributed by atoms with Gasteiger partial charge in [-0.3, -0.25) is 4.90 Å². The first-order valence-electron chi connectivity index (χ1n) is 6.01. The lowest BCUT2D eigenvalue weighted by atomic mass is 10.1. The Kier molecular flexibility index (Phi) is 2.99. The molecule has 0 N–H and O–H groups in total. The van der Waals surface area contributed by atoms with E-state index in [9.17, 15) is 0 Å². The molecule has 0 spiro atoms. The fourth-order valence-electron chi connectivity index (χ4n) is 2.56. The van der Waals surface area contributed by atoms with Crippen molar-refractivity contribution in [3.63, 3.8) is 0 Å². The van der Waals surface area contributed by atoms with E-state index >= 15 is 0 Å². The van der Waals surface area contributed by atoms with Gasteiger partial charge < -0.3 is 4.52 Å². The zero-order valence-electron chi connectivity index (χ0n) is 9.93. The molecule has 2 aromatic rings. The molecule has 1 fully saturated rings. The van der Waals surface area contributed by atoms with Gasteiger partial charge in [0.05, 0.1) is 5.69 Å². The molecular weight excluding hydrogens is 232 g/mol. The second kappa shape index (κ2) is 4.63. The lowest BCUT2D eigenvalue weighted by molar-refractivity contribution is 0.240. The van der Waals surface area contributed by atoms with Crippen LogP contribution < -0.4 is 0 Å². The minimum Gasteiger partial charge on any atom is -0.361 e. The van der Waals surface area contributed by atoms with Gasteiger partial charge in [0, 0.05) is 18.7 Å². The minimum atomic E-state index is 0.568. The van der Waals surface area contributed by atoms with Crippen molar-refractivity contribution >= 4 is 11.3 Å². The number of thiophene rings is 1. The molecular formula is C13H16N2OS. The highest BCUT2D eigenvalue weighted by molar-refractivity contribution is 7.07. The Hall–Kier alpha value is -1.13. The molecule has 1 atom stereocenters. The summed E-state index contributed by atoms with van der Waals surface area (Å²) in [7, 11) is 0. The van der Waals surface area contributed by atoms with Gasteiger partial charge in [-0.15, -0.1) is 0 Å². The molecule has 1 aliphatic heterocycles. The van der Waals surface area contributed by atoms with Crippen LogP contribution in [0.5, 0.6) is 0 Å². The number of aromatic nitrogens is 1. The van der Waals surface area contributed by atoms with Gasteiger partial charge in [-0.1, -0.05) is 5.16 Å². The average Bonchev–Trinajstić information content (AvgIpc) is 3.00. The van der Waals surface area contributed by atoms with Crippen molar-refractivity contribution < 1.29 is 4.52 Å². The third-order valence-electron chi connectivity index (χ3n) is 3.33. The summed E-state index contributed by atoms with van der Waals surface area (Å²) in [5, 5.41) is 8.50. The van der Waals surface area contributed by atoms with Crippen LogP contribution >= 0.6 is 11.3 Å². The molecule has 0 aromatic carbocycles. The Morgan fingerprint density at radius 1 is 1.59 bits per heavy atom. The molecule has 0 bridgehead atoms. The summed E-state index contributed by atoms with van der Waals surface area (Å²) in [6, 6.07) is 4.84. The smallest absolute Gasteiger partial charge is 0.133 e. The van der Waals surface area contributed by atoms with Crippen LogP contribution in [0.15, 0.2) is 27.4 Å². The van der Waals surface area contributed by atoms with Crippen LogP contribution in [-0.4, -0.2) is 16.6 Å². The second-order valence-corrected chi connectivity index (χ2v) is 5.39. The van der Waals surface area contributed by atoms with Crippen LogP contribution in [0, 0.1) is 6.92 Å². The molecule has 3 rings (SSSR count). The maximum absolute atomic E-state index is 5.13. The van der Waals surface area contributed by atoms with Gasteiger partial charge in [-0.05, 0) is 48.7 Å². The zero-order valence-corrected chi connectivity index (χ0v) is 10.7. The minimum absolute atomic E-state index is 0.568. The van der Waals surface area contributed by atoms with Gasteiger partial charge >= 0.3 is 0 Å². The van der Waals surface area contributed by atoms with Gasteiger partial charge in [0.15, 0.2) is 0 Å². The van der Waals surface area contributed by atoms with E-state index in [1.165, 1.54) is 18.4 Å². The first-order chi connectivity index (χ1) is 8.33. The van der Waals surface area contributed by atoms with E-state index in [-0.39, 0.29) is 0 Å². The van der Waals surface area contributed by atoms with Gasteiger partial charge in [0.2, 0.25) is 0 Å². The molecule has 3 nitrogen and oxygen atoms in total. The van der Waals surface area contributed by atoms with Crippen LogP contribution in [-0.2, 0) is 6.54 Å². The number of likely N-dealkylation sites (tertiary alicyclic amines) is 1. The normalized spacial score (nSPS) is 21.1. The summed E-state index contributed by atoms with van der Waals surface area (Å²) in [6.07, 6.45) is 2.53. The summed E-state index contributed by atoms with van der Waals surface area (Å²) in [5.74, 6) is 0.895. The Morgan fingerprint density at radius 3 is 3.24 bits per heavy atom. The quantitative estimate of drug-likeness (QED) is 0.834.